The summed E-state index contributed by atoms with van der Waals surface area (Å²) in [5.41, 5.74) is 1.98. The summed E-state index contributed by atoms with van der Waals surface area (Å²) < 4.78 is 5.33. The van der Waals surface area contributed by atoms with E-state index in [1.165, 1.54) is 11.1 Å². The van der Waals surface area contributed by atoms with Crippen LogP contribution in [-0.2, 0) is 4.74 Å². The molecule has 0 heterocycles. The highest BCUT2D eigenvalue weighted by atomic mass is 16.6. The molecule has 1 unspecified atom stereocenters. The van der Waals surface area contributed by atoms with E-state index in [1.54, 1.807) is 6.08 Å². The lowest BCUT2D eigenvalue weighted by molar-refractivity contribution is -0.0116. The summed E-state index contributed by atoms with van der Waals surface area (Å²) in [6.45, 7) is 11.9. The van der Waals surface area contributed by atoms with Crippen molar-refractivity contribution >= 4 is 0 Å². The molecule has 4 nitrogen and oxygen atoms in total. The average Bonchev–Trinajstić information content (AvgIpc) is 2.38. The van der Waals surface area contributed by atoms with Crippen LogP contribution in [0.15, 0.2) is 48.1 Å². The minimum absolute atomic E-state index is 0.427. The number of aliphatic hydroxyl groups is 1. The highest BCUT2D eigenvalue weighted by Crippen LogP contribution is 2.23. The van der Waals surface area contributed by atoms with Gasteiger partial charge in [0.15, 0.2) is 4.98 Å². The van der Waals surface area contributed by atoms with Crippen LogP contribution in [0.3, 0.4) is 0 Å². The Morgan fingerprint density at radius 3 is 2.48 bits per heavy atom. The fourth-order valence-corrected chi connectivity index (χ4v) is 1.81. The minimum atomic E-state index is -0.692. The van der Waals surface area contributed by atoms with Crippen LogP contribution in [0.2, 0.25) is 0 Å². The maximum absolute atomic E-state index is 9.41. The molecule has 0 radical (unpaired) electrons. The standard InChI is InChI=1S/C17H26N2O2/c1-6-17(5,21-16(20)13-19-18)12-8-11-15(4)10-7-9-14(2)3/h6,9,11,13H,1,7-8,10,12H2,2-5H3/p+1/b15-11-,16-13-. The smallest absolute Gasteiger partial charge is 0.429 e. The molecule has 0 aliphatic rings. The van der Waals surface area contributed by atoms with Gasteiger partial charge >= 0.3 is 12.1 Å². The molecule has 1 atom stereocenters. The summed E-state index contributed by atoms with van der Waals surface area (Å²) in [5.74, 6) is -0.427. The van der Waals surface area contributed by atoms with Gasteiger partial charge in [-0.3, -0.25) is 0 Å². The van der Waals surface area contributed by atoms with E-state index in [9.17, 15) is 5.11 Å². The molecule has 0 aromatic rings. The lowest BCUT2D eigenvalue weighted by Gasteiger charge is -2.24. The van der Waals surface area contributed by atoms with Crippen LogP contribution >= 0.6 is 0 Å². The van der Waals surface area contributed by atoms with Crippen molar-refractivity contribution in [3.8, 4) is 0 Å². The van der Waals surface area contributed by atoms with Crippen molar-refractivity contribution in [3.63, 3.8) is 0 Å². The Morgan fingerprint density at radius 1 is 1.29 bits per heavy atom. The van der Waals surface area contributed by atoms with Crippen molar-refractivity contribution in [1.82, 2.24) is 0 Å². The second-order valence-corrected chi connectivity index (χ2v) is 5.61. The summed E-state index contributed by atoms with van der Waals surface area (Å²) in [4.78, 5) is 2.72. The Labute approximate surface area is 128 Å². The summed E-state index contributed by atoms with van der Waals surface area (Å²) in [5, 5.41) is 17.8. The first-order valence-electron chi connectivity index (χ1n) is 7.18. The summed E-state index contributed by atoms with van der Waals surface area (Å²) in [6.07, 6.45) is 10.5. The molecule has 0 amide bonds. The van der Waals surface area contributed by atoms with E-state index in [1.807, 2.05) is 6.92 Å². The van der Waals surface area contributed by atoms with E-state index in [0.717, 1.165) is 25.5 Å². The molecule has 0 saturated carbocycles. The quantitative estimate of drug-likeness (QED) is 0.340. The Balaban J connectivity index is 4.39. The molecule has 1 N–H and O–H groups in total. The second kappa shape index (κ2) is 9.82. The van der Waals surface area contributed by atoms with E-state index in [-0.39, 0.29) is 0 Å². The molecule has 0 saturated heterocycles. The number of rotatable bonds is 9. The first-order chi connectivity index (χ1) is 9.83. The van der Waals surface area contributed by atoms with E-state index in [0.29, 0.717) is 6.42 Å². The van der Waals surface area contributed by atoms with Crippen molar-refractivity contribution in [1.29, 1.82) is 5.39 Å². The van der Waals surface area contributed by atoms with Gasteiger partial charge in [0.05, 0.1) is 0 Å². The fraction of sp³-hybridized carbons (Fsp3) is 0.529. The molecule has 4 heteroatoms. The molecular weight excluding hydrogens is 264 g/mol. The third kappa shape index (κ3) is 9.50. The second-order valence-electron chi connectivity index (χ2n) is 5.61. The van der Waals surface area contributed by atoms with E-state index >= 15 is 0 Å². The lowest BCUT2D eigenvalue weighted by atomic mass is 9.98. The van der Waals surface area contributed by atoms with Crippen molar-refractivity contribution in [2.24, 2.45) is 0 Å². The minimum Gasteiger partial charge on any atom is -0.476 e. The first kappa shape index (κ1) is 19.0. The number of diazo groups is 1. The normalized spacial score (nSPS) is 14.8. The molecular formula is C17H27N2O2+. The van der Waals surface area contributed by atoms with Crippen LogP contribution in [0.25, 0.3) is 4.98 Å². The molecule has 0 aromatic carbocycles. The number of ether oxygens (including phenoxy) is 1. The molecule has 0 aromatic heterocycles. The molecule has 116 valence electrons. The zero-order valence-electron chi connectivity index (χ0n) is 13.6. The number of allylic oxidation sites excluding steroid dienone is 4. The average molecular weight is 291 g/mol. The topological polar surface area (TPSA) is 57.6 Å². The van der Waals surface area contributed by atoms with Gasteiger partial charge in [0, 0.05) is 0 Å². The van der Waals surface area contributed by atoms with Gasteiger partial charge in [-0.25, -0.2) is 0 Å². The van der Waals surface area contributed by atoms with Gasteiger partial charge in [0.25, 0.3) is 0 Å². The molecule has 0 aliphatic heterocycles. The van der Waals surface area contributed by atoms with E-state index in [4.69, 9.17) is 10.1 Å². The van der Waals surface area contributed by atoms with Gasteiger partial charge in [-0.2, -0.15) is 0 Å². The summed E-state index contributed by atoms with van der Waals surface area (Å²) in [6, 6.07) is 0. The predicted molar refractivity (Wildman–Crippen MR) is 87.1 cm³/mol. The summed E-state index contributed by atoms with van der Waals surface area (Å²) in [7, 11) is 0. The highest BCUT2D eigenvalue weighted by Gasteiger charge is 2.23. The van der Waals surface area contributed by atoms with Crippen LogP contribution in [-0.4, -0.2) is 10.7 Å². The predicted octanol–water partition coefficient (Wildman–Crippen LogP) is 5.63. The molecule has 0 bridgehead atoms. The number of aliphatic hydroxyl groups excluding tert-OH is 1. The third-order valence-corrected chi connectivity index (χ3v) is 3.16. The largest absolute Gasteiger partial charge is 0.476 e. The number of hydrogen-bond acceptors (Lipinski definition) is 3. The molecule has 0 aliphatic carbocycles. The zero-order chi connectivity index (χ0) is 16.3. The van der Waals surface area contributed by atoms with E-state index in [2.05, 4.69) is 44.5 Å². The Bertz CT molecular complexity index is 466. The highest BCUT2D eigenvalue weighted by molar-refractivity contribution is 5.05. The Morgan fingerprint density at radius 2 is 1.95 bits per heavy atom. The van der Waals surface area contributed by atoms with Crippen LogP contribution in [0.4, 0.5) is 0 Å². The number of hydrogen-bond donors (Lipinski definition) is 1. The van der Waals surface area contributed by atoms with Crippen molar-refractivity contribution in [2.45, 2.75) is 59.0 Å². The van der Waals surface area contributed by atoms with Gasteiger partial charge in [-0.05, 0) is 59.5 Å². The van der Waals surface area contributed by atoms with Crippen LogP contribution in [0.5, 0.6) is 0 Å². The SMILES string of the molecule is C=CC(C)(CC/C=C(/C)CCC=C(C)C)O/C(O)=C\[N+]#N. The summed E-state index contributed by atoms with van der Waals surface area (Å²) >= 11 is 0. The van der Waals surface area contributed by atoms with Gasteiger partial charge in [0.2, 0.25) is 5.39 Å². The van der Waals surface area contributed by atoms with Gasteiger partial charge in [-0.15, -0.1) is 0 Å². The van der Waals surface area contributed by atoms with Crippen LogP contribution in [0.1, 0.15) is 53.4 Å². The Hall–Kier alpha value is -2.02. The molecule has 0 fully saturated rings. The van der Waals surface area contributed by atoms with Crippen molar-refractivity contribution < 1.29 is 9.84 Å². The maximum atomic E-state index is 9.41. The van der Waals surface area contributed by atoms with Crippen LogP contribution in [0, 0.1) is 5.39 Å². The van der Waals surface area contributed by atoms with E-state index < -0.39 is 11.5 Å². The van der Waals surface area contributed by atoms with Gasteiger partial charge in [0.1, 0.15) is 5.60 Å². The van der Waals surface area contributed by atoms with Crippen LogP contribution < -0.4 is 0 Å². The molecule has 21 heavy (non-hydrogen) atoms. The zero-order valence-corrected chi connectivity index (χ0v) is 13.6. The van der Waals surface area contributed by atoms with Gasteiger partial charge in [-0.1, -0.05) is 29.9 Å². The monoisotopic (exact) mass is 291 g/mol. The van der Waals surface area contributed by atoms with Crippen molar-refractivity contribution in [2.75, 3.05) is 0 Å². The van der Waals surface area contributed by atoms with Gasteiger partial charge < -0.3 is 9.84 Å². The lowest BCUT2D eigenvalue weighted by Crippen LogP contribution is -2.25. The number of nitrogens with zero attached hydrogens (tertiary/aromatic N) is 2. The molecule has 0 spiro atoms. The first-order valence-corrected chi connectivity index (χ1v) is 7.18. The Kier molecular flexibility index (Phi) is 8.87. The van der Waals surface area contributed by atoms with Crippen molar-refractivity contribution in [3.05, 3.63) is 53.1 Å². The maximum Gasteiger partial charge on any atom is 0.429 e. The molecule has 0 rings (SSSR count). The third-order valence-electron chi connectivity index (χ3n) is 3.16. The fourth-order valence-electron chi connectivity index (χ4n) is 1.81.